The molecular formula is C25H27N3O3. The molecule has 4 rings (SSSR count). The molecule has 1 N–H and O–H groups in total. The number of aliphatic imine (C=N–C) groups is 1. The molecule has 2 heterocycles. The van der Waals surface area contributed by atoms with E-state index in [4.69, 9.17) is 9.73 Å². The lowest BCUT2D eigenvalue weighted by molar-refractivity contribution is -0.119. The Morgan fingerprint density at radius 2 is 1.87 bits per heavy atom. The van der Waals surface area contributed by atoms with Gasteiger partial charge in [-0.2, -0.15) is 0 Å². The quantitative estimate of drug-likeness (QED) is 0.792. The van der Waals surface area contributed by atoms with Crippen LogP contribution in [-0.2, 0) is 9.59 Å². The molecule has 0 fully saturated rings. The van der Waals surface area contributed by atoms with E-state index in [1.165, 1.54) is 0 Å². The van der Waals surface area contributed by atoms with Crippen LogP contribution < -0.4 is 10.1 Å². The van der Waals surface area contributed by atoms with E-state index in [9.17, 15) is 9.59 Å². The van der Waals surface area contributed by atoms with Crippen LogP contribution in [0.4, 0.5) is 5.82 Å². The van der Waals surface area contributed by atoms with Crippen LogP contribution in [0.15, 0.2) is 64.9 Å². The van der Waals surface area contributed by atoms with Crippen molar-refractivity contribution in [2.45, 2.75) is 39.5 Å². The maximum atomic E-state index is 13.5. The molecule has 1 aromatic carbocycles. The number of Topliss-reactive ketones (excluding diaryl/α,β-unsaturated/α-hetero) is 1. The average Bonchev–Trinajstić information content (AvgIpc) is 2.72. The molecule has 0 saturated heterocycles. The number of anilines is 1. The van der Waals surface area contributed by atoms with Gasteiger partial charge in [-0.05, 0) is 37.0 Å². The monoisotopic (exact) mass is 417 g/mol. The second-order valence-corrected chi connectivity index (χ2v) is 8.96. The molecule has 1 aromatic heterocycles. The van der Waals surface area contributed by atoms with Crippen LogP contribution >= 0.6 is 0 Å². The lowest BCUT2D eigenvalue weighted by Gasteiger charge is -2.39. The number of rotatable bonds is 4. The number of hydrogen-bond donors (Lipinski definition) is 1. The minimum absolute atomic E-state index is 0.0500. The van der Waals surface area contributed by atoms with E-state index >= 15 is 0 Å². The summed E-state index contributed by atoms with van der Waals surface area (Å²) in [4.78, 5) is 35.8. The predicted molar refractivity (Wildman–Crippen MR) is 120 cm³/mol. The Bertz CT molecular complexity index is 1090. The van der Waals surface area contributed by atoms with E-state index in [2.05, 4.69) is 24.1 Å². The molecule has 1 amide bonds. The highest BCUT2D eigenvalue weighted by Gasteiger charge is 2.46. The Balaban J connectivity index is 1.84. The number of pyridine rings is 1. The Kier molecular flexibility index (Phi) is 5.48. The van der Waals surface area contributed by atoms with Gasteiger partial charge in [0.2, 0.25) is 5.91 Å². The molecule has 6 heteroatoms. The number of allylic oxidation sites excluding steroid dienone is 2. The fourth-order valence-corrected chi connectivity index (χ4v) is 4.68. The van der Waals surface area contributed by atoms with Crippen molar-refractivity contribution in [1.29, 1.82) is 0 Å². The third-order valence-electron chi connectivity index (χ3n) is 5.97. The van der Waals surface area contributed by atoms with Gasteiger partial charge in [-0.25, -0.2) is 4.98 Å². The molecule has 1 aliphatic carbocycles. The molecule has 31 heavy (non-hydrogen) atoms. The summed E-state index contributed by atoms with van der Waals surface area (Å²) in [5.41, 5.74) is 2.77. The Hall–Kier alpha value is -3.28. The summed E-state index contributed by atoms with van der Waals surface area (Å²) in [7, 11) is 1.60. The maximum absolute atomic E-state index is 13.5. The largest absolute Gasteiger partial charge is 0.496 e. The highest BCUT2D eigenvalue weighted by Crippen LogP contribution is 2.49. The van der Waals surface area contributed by atoms with Crippen molar-refractivity contribution in [1.82, 2.24) is 4.98 Å². The summed E-state index contributed by atoms with van der Waals surface area (Å²) in [6, 6.07) is 12.9. The second kappa shape index (κ2) is 8.10. The number of para-hydroxylation sites is 1. The lowest BCUT2D eigenvalue weighted by Crippen LogP contribution is -2.41. The number of carbonyl (C=O) groups is 2. The van der Waals surface area contributed by atoms with Crippen molar-refractivity contribution in [3.63, 3.8) is 0 Å². The zero-order valence-corrected chi connectivity index (χ0v) is 18.3. The zero-order chi connectivity index (χ0) is 22.2. The van der Waals surface area contributed by atoms with Gasteiger partial charge < -0.3 is 10.1 Å². The van der Waals surface area contributed by atoms with Crippen LogP contribution in [0.3, 0.4) is 0 Å². The highest BCUT2D eigenvalue weighted by molar-refractivity contribution is 6.13. The number of ether oxygens (including phenoxy) is 1. The van der Waals surface area contributed by atoms with Gasteiger partial charge in [0.15, 0.2) is 5.78 Å². The lowest BCUT2D eigenvalue weighted by atomic mass is 9.66. The molecule has 2 aromatic rings. The van der Waals surface area contributed by atoms with Gasteiger partial charge in [-0.1, -0.05) is 38.1 Å². The van der Waals surface area contributed by atoms with Crippen molar-refractivity contribution in [2.75, 3.05) is 12.4 Å². The first-order chi connectivity index (χ1) is 14.8. The van der Waals surface area contributed by atoms with Gasteiger partial charge in [0.25, 0.3) is 0 Å². The van der Waals surface area contributed by atoms with Crippen molar-refractivity contribution < 1.29 is 14.3 Å². The first kappa shape index (κ1) is 21.0. The summed E-state index contributed by atoms with van der Waals surface area (Å²) in [6.07, 6.45) is 2.76. The molecule has 6 nitrogen and oxygen atoms in total. The number of methoxy groups -OCH3 is 1. The van der Waals surface area contributed by atoms with E-state index < -0.39 is 11.8 Å². The standard InChI is InChI=1S/C25H27N3O3/c1-15-21(24(30)28-20-11-7-8-12-26-20)22(16-9-5-6-10-19(16)31-4)23-17(27-15)13-25(2,3)14-18(23)29/h5-12,21-22H,13-14H2,1-4H3,(H,26,28,30)/t21?,22-/m0/s1. The first-order valence-electron chi connectivity index (χ1n) is 10.5. The van der Waals surface area contributed by atoms with Crippen LogP contribution in [0.2, 0.25) is 0 Å². The third kappa shape index (κ3) is 4.02. The molecule has 0 bridgehead atoms. The molecule has 0 spiro atoms. The Morgan fingerprint density at radius 1 is 1.13 bits per heavy atom. The van der Waals surface area contributed by atoms with Crippen LogP contribution in [0, 0.1) is 11.3 Å². The number of amides is 1. The first-order valence-corrected chi connectivity index (χ1v) is 10.5. The Morgan fingerprint density at radius 3 is 2.58 bits per heavy atom. The summed E-state index contributed by atoms with van der Waals surface area (Å²) in [6.45, 7) is 6.02. The van der Waals surface area contributed by atoms with Crippen molar-refractivity contribution in [3.05, 3.63) is 65.5 Å². The minimum Gasteiger partial charge on any atom is -0.496 e. The molecule has 1 unspecified atom stereocenters. The summed E-state index contributed by atoms with van der Waals surface area (Å²) >= 11 is 0. The third-order valence-corrected chi connectivity index (χ3v) is 5.97. The molecule has 2 aliphatic rings. The van der Waals surface area contributed by atoms with Gasteiger partial charge in [0.1, 0.15) is 11.6 Å². The summed E-state index contributed by atoms with van der Waals surface area (Å²) in [5, 5.41) is 2.90. The predicted octanol–water partition coefficient (Wildman–Crippen LogP) is 4.55. The molecular weight excluding hydrogens is 390 g/mol. The van der Waals surface area contributed by atoms with E-state index in [1.807, 2.05) is 37.3 Å². The topological polar surface area (TPSA) is 80.6 Å². The molecule has 0 radical (unpaired) electrons. The van der Waals surface area contributed by atoms with Gasteiger partial charge >= 0.3 is 0 Å². The van der Waals surface area contributed by atoms with Crippen molar-refractivity contribution in [3.8, 4) is 5.75 Å². The zero-order valence-electron chi connectivity index (χ0n) is 18.3. The van der Waals surface area contributed by atoms with Crippen molar-refractivity contribution in [2.24, 2.45) is 16.3 Å². The van der Waals surface area contributed by atoms with E-state index in [-0.39, 0.29) is 17.1 Å². The molecule has 1 aliphatic heterocycles. The second-order valence-electron chi connectivity index (χ2n) is 8.96. The maximum Gasteiger partial charge on any atom is 0.235 e. The minimum atomic E-state index is -0.637. The van der Waals surface area contributed by atoms with Crippen molar-refractivity contribution >= 4 is 23.2 Å². The number of benzene rings is 1. The summed E-state index contributed by atoms with van der Waals surface area (Å²) in [5.74, 6) is -0.162. The van der Waals surface area contributed by atoms with Crippen LogP contribution in [0.5, 0.6) is 5.75 Å². The highest BCUT2D eigenvalue weighted by atomic mass is 16.5. The SMILES string of the molecule is COc1ccccc1[C@@H]1C2=C(CC(C)(C)CC2=O)N=C(C)C1C(=O)Nc1ccccn1. The van der Waals surface area contributed by atoms with Crippen LogP contribution in [0.1, 0.15) is 45.1 Å². The molecule has 0 saturated carbocycles. The molecule has 160 valence electrons. The van der Waals surface area contributed by atoms with E-state index in [0.717, 1.165) is 11.3 Å². The fourth-order valence-electron chi connectivity index (χ4n) is 4.68. The van der Waals surface area contributed by atoms with E-state index in [1.54, 1.807) is 25.4 Å². The normalized spacial score (nSPS) is 22.5. The number of nitrogens with zero attached hydrogens (tertiary/aromatic N) is 2. The van der Waals surface area contributed by atoms with Gasteiger partial charge in [0, 0.05) is 41.1 Å². The van der Waals surface area contributed by atoms with Crippen LogP contribution in [0.25, 0.3) is 0 Å². The molecule has 2 atom stereocenters. The smallest absolute Gasteiger partial charge is 0.235 e. The summed E-state index contributed by atoms with van der Waals surface area (Å²) < 4.78 is 5.62. The van der Waals surface area contributed by atoms with Gasteiger partial charge in [0.05, 0.1) is 13.0 Å². The number of aromatic nitrogens is 1. The van der Waals surface area contributed by atoms with Gasteiger partial charge in [-0.3, -0.25) is 14.6 Å². The number of ketones is 1. The number of nitrogens with one attached hydrogen (secondary N) is 1. The van der Waals surface area contributed by atoms with E-state index in [0.29, 0.717) is 35.7 Å². The Labute approximate surface area is 182 Å². The number of hydrogen-bond acceptors (Lipinski definition) is 5. The van der Waals surface area contributed by atoms with Gasteiger partial charge in [-0.15, -0.1) is 0 Å². The van der Waals surface area contributed by atoms with Crippen LogP contribution in [-0.4, -0.2) is 29.5 Å². The fraction of sp³-hybridized carbons (Fsp3) is 0.360. The number of carbonyl (C=O) groups excluding carboxylic acids is 2. The average molecular weight is 418 g/mol.